The second kappa shape index (κ2) is 6.05. The molecule has 7 heteroatoms. The van der Waals surface area contributed by atoms with E-state index in [0.29, 0.717) is 11.4 Å². The molecule has 0 aliphatic carbocycles. The minimum atomic E-state index is -3.75. The summed E-state index contributed by atoms with van der Waals surface area (Å²) in [5.41, 5.74) is 8.91. The first-order chi connectivity index (χ1) is 9.81. The topological polar surface area (TPSA) is 98.2 Å². The largest absolute Gasteiger partial charge is 0.397 e. The summed E-state index contributed by atoms with van der Waals surface area (Å²) < 4.78 is 23.6. The maximum Gasteiger partial charge on any atom is 0.238 e. The summed E-state index contributed by atoms with van der Waals surface area (Å²) in [6.45, 7) is 2.06. The Labute approximate surface area is 132 Å². The maximum atomic E-state index is 11.3. The predicted molar refractivity (Wildman–Crippen MR) is 89.0 cm³/mol. The fourth-order valence-electron chi connectivity index (χ4n) is 1.95. The number of hydrogen-bond donors (Lipinski definition) is 3. The number of anilines is 3. The molecule has 5 nitrogen and oxygen atoms in total. The van der Waals surface area contributed by atoms with Crippen LogP contribution in [-0.2, 0) is 16.4 Å². The van der Waals surface area contributed by atoms with Crippen LogP contribution in [0.4, 0.5) is 17.1 Å². The third-order valence-electron chi connectivity index (χ3n) is 3.07. The number of nitrogens with two attached hydrogens (primary N) is 2. The summed E-state index contributed by atoms with van der Waals surface area (Å²) in [4.78, 5) is -0.00271. The van der Waals surface area contributed by atoms with Gasteiger partial charge in [-0.05, 0) is 48.4 Å². The molecule has 0 saturated carbocycles. The monoisotopic (exact) mass is 369 g/mol. The number of benzene rings is 2. The van der Waals surface area contributed by atoms with Crippen molar-refractivity contribution < 1.29 is 8.42 Å². The highest BCUT2D eigenvalue weighted by atomic mass is 79.9. The van der Waals surface area contributed by atoms with Crippen LogP contribution in [0.5, 0.6) is 0 Å². The molecule has 0 spiro atoms. The Morgan fingerprint density at radius 2 is 1.81 bits per heavy atom. The second-order valence-electron chi connectivity index (χ2n) is 4.57. The van der Waals surface area contributed by atoms with Crippen molar-refractivity contribution in [3.63, 3.8) is 0 Å². The van der Waals surface area contributed by atoms with Gasteiger partial charge in [-0.1, -0.05) is 22.9 Å². The summed E-state index contributed by atoms with van der Waals surface area (Å²) in [6.07, 6.45) is 0.858. The standard InChI is InChI=1S/C14H16BrN3O2S/c1-2-9-7-10(15)3-5-13(9)18-14-6-4-11(8-12(14)16)21(17,19)20/h3-8,18H,2,16H2,1H3,(H2,17,19,20). The molecular formula is C14H16BrN3O2S. The first-order valence-corrected chi connectivity index (χ1v) is 8.63. The molecular weight excluding hydrogens is 354 g/mol. The van der Waals surface area contributed by atoms with Gasteiger partial charge >= 0.3 is 0 Å². The molecule has 21 heavy (non-hydrogen) atoms. The van der Waals surface area contributed by atoms with E-state index in [1.165, 1.54) is 12.1 Å². The lowest BCUT2D eigenvalue weighted by molar-refractivity contribution is 0.598. The van der Waals surface area contributed by atoms with Crippen molar-refractivity contribution in [3.05, 3.63) is 46.4 Å². The molecule has 2 rings (SSSR count). The predicted octanol–water partition coefficient (Wildman–Crippen LogP) is 2.98. The van der Waals surface area contributed by atoms with Crippen molar-refractivity contribution in [2.24, 2.45) is 5.14 Å². The Hall–Kier alpha value is -1.57. The van der Waals surface area contributed by atoms with E-state index in [2.05, 4.69) is 28.2 Å². The van der Waals surface area contributed by atoms with Gasteiger partial charge in [-0.25, -0.2) is 13.6 Å². The van der Waals surface area contributed by atoms with E-state index < -0.39 is 10.0 Å². The number of nitrogens with one attached hydrogen (secondary N) is 1. The lowest BCUT2D eigenvalue weighted by atomic mass is 10.1. The number of aryl methyl sites for hydroxylation is 1. The molecule has 0 atom stereocenters. The van der Waals surface area contributed by atoms with Gasteiger partial charge in [0.25, 0.3) is 0 Å². The third-order valence-corrected chi connectivity index (χ3v) is 4.47. The van der Waals surface area contributed by atoms with Crippen molar-refractivity contribution in [1.29, 1.82) is 0 Å². The quantitative estimate of drug-likeness (QED) is 0.721. The van der Waals surface area contributed by atoms with Crippen LogP contribution in [0.15, 0.2) is 45.8 Å². The molecule has 0 bridgehead atoms. The Kier molecular flexibility index (Phi) is 4.55. The van der Waals surface area contributed by atoms with Gasteiger partial charge in [-0.3, -0.25) is 0 Å². The molecule has 0 heterocycles. The van der Waals surface area contributed by atoms with Crippen molar-refractivity contribution in [3.8, 4) is 0 Å². The molecule has 2 aromatic rings. The van der Waals surface area contributed by atoms with Gasteiger partial charge in [0, 0.05) is 10.2 Å². The average Bonchev–Trinajstić information content (AvgIpc) is 2.41. The Morgan fingerprint density at radius 1 is 1.14 bits per heavy atom. The van der Waals surface area contributed by atoms with Gasteiger partial charge in [-0.15, -0.1) is 0 Å². The van der Waals surface area contributed by atoms with E-state index in [4.69, 9.17) is 10.9 Å². The summed E-state index contributed by atoms with van der Waals surface area (Å²) >= 11 is 3.44. The highest BCUT2D eigenvalue weighted by Gasteiger charge is 2.11. The van der Waals surface area contributed by atoms with Crippen LogP contribution in [0.3, 0.4) is 0 Å². The van der Waals surface area contributed by atoms with Gasteiger partial charge in [0.15, 0.2) is 0 Å². The lowest BCUT2D eigenvalue weighted by Crippen LogP contribution is -2.12. The SMILES string of the molecule is CCc1cc(Br)ccc1Nc1ccc(S(N)(=O)=O)cc1N. The number of nitrogen functional groups attached to an aromatic ring is 1. The van der Waals surface area contributed by atoms with E-state index in [1.54, 1.807) is 6.07 Å². The number of sulfonamides is 1. The van der Waals surface area contributed by atoms with E-state index >= 15 is 0 Å². The molecule has 0 aliphatic heterocycles. The van der Waals surface area contributed by atoms with E-state index in [9.17, 15) is 8.42 Å². The summed E-state index contributed by atoms with van der Waals surface area (Å²) in [7, 11) is -3.75. The van der Waals surface area contributed by atoms with Crippen LogP contribution in [0.1, 0.15) is 12.5 Å². The molecule has 112 valence electrons. The number of primary sulfonamides is 1. The Bertz CT molecular complexity index is 776. The summed E-state index contributed by atoms with van der Waals surface area (Å²) in [5.74, 6) is 0. The zero-order valence-corrected chi connectivity index (χ0v) is 13.8. The smallest absolute Gasteiger partial charge is 0.238 e. The van der Waals surface area contributed by atoms with Gasteiger partial charge in [-0.2, -0.15) is 0 Å². The van der Waals surface area contributed by atoms with Gasteiger partial charge in [0.1, 0.15) is 0 Å². The van der Waals surface area contributed by atoms with Crippen LogP contribution in [-0.4, -0.2) is 8.42 Å². The van der Waals surface area contributed by atoms with Crippen LogP contribution in [0.25, 0.3) is 0 Å². The molecule has 0 saturated heterocycles. The van der Waals surface area contributed by atoms with Crippen molar-refractivity contribution in [1.82, 2.24) is 0 Å². The van der Waals surface area contributed by atoms with Crippen LogP contribution in [0.2, 0.25) is 0 Å². The molecule has 2 aromatic carbocycles. The minimum absolute atomic E-state index is 0.00271. The second-order valence-corrected chi connectivity index (χ2v) is 7.05. The van der Waals surface area contributed by atoms with E-state index in [0.717, 1.165) is 22.1 Å². The Morgan fingerprint density at radius 3 is 2.38 bits per heavy atom. The fraction of sp³-hybridized carbons (Fsp3) is 0.143. The zero-order valence-electron chi connectivity index (χ0n) is 11.4. The number of rotatable bonds is 4. The lowest BCUT2D eigenvalue weighted by Gasteiger charge is -2.14. The fourth-order valence-corrected chi connectivity index (χ4v) is 2.91. The summed E-state index contributed by atoms with van der Waals surface area (Å²) in [6, 6.07) is 10.3. The van der Waals surface area contributed by atoms with Crippen LogP contribution in [0, 0.1) is 0 Å². The number of halogens is 1. The van der Waals surface area contributed by atoms with Crippen molar-refractivity contribution in [2.75, 3.05) is 11.1 Å². The van der Waals surface area contributed by atoms with Crippen molar-refractivity contribution in [2.45, 2.75) is 18.2 Å². The molecule has 0 amide bonds. The van der Waals surface area contributed by atoms with Gasteiger partial charge in [0.2, 0.25) is 10.0 Å². The molecule has 0 aliphatic rings. The zero-order chi connectivity index (χ0) is 15.6. The summed E-state index contributed by atoms with van der Waals surface area (Å²) in [5, 5.41) is 8.30. The molecule has 0 aromatic heterocycles. The molecule has 0 radical (unpaired) electrons. The average molecular weight is 370 g/mol. The van der Waals surface area contributed by atoms with Gasteiger partial charge in [0.05, 0.1) is 16.3 Å². The Balaban J connectivity index is 2.37. The van der Waals surface area contributed by atoms with E-state index in [1.807, 2.05) is 18.2 Å². The molecule has 0 unspecified atom stereocenters. The normalized spacial score (nSPS) is 11.4. The minimum Gasteiger partial charge on any atom is -0.397 e. The first-order valence-electron chi connectivity index (χ1n) is 6.29. The molecule has 0 fully saturated rings. The highest BCUT2D eigenvalue weighted by molar-refractivity contribution is 9.10. The third kappa shape index (κ3) is 3.75. The van der Waals surface area contributed by atoms with Gasteiger partial charge < -0.3 is 11.1 Å². The maximum absolute atomic E-state index is 11.3. The van der Waals surface area contributed by atoms with E-state index in [-0.39, 0.29) is 4.90 Å². The highest BCUT2D eigenvalue weighted by Crippen LogP contribution is 2.29. The molecule has 5 N–H and O–H groups in total. The van der Waals surface area contributed by atoms with Crippen molar-refractivity contribution >= 4 is 43.0 Å². The first kappa shape index (κ1) is 15.8. The van der Waals surface area contributed by atoms with Crippen LogP contribution < -0.4 is 16.2 Å². The van der Waals surface area contributed by atoms with Crippen LogP contribution >= 0.6 is 15.9 Å². The number of hydrogen-bond acceptors (Lipinski definition) is 4.